The fourth-order valence-corrected chi connectivity index (χ4v) is 3.96. The lowest BCUT2D eigenvalue weighted by Gasteiger charge is -2.31. The van der Waals surface area contributed by atoms with Gasteiger partial charge < -0.3 is 4.74 Å². The molecule has 0 aliphatic heterocycles. The maximum atomic E-state index is 6.30. The normalized spacial score (nSPS) is 28.3. The smallest absolute Gasteiger partial charge is 0.0588 e. The summed E-state index contributed by atoms with van der Waals surface area (Å²) in [4.78, 5) is 1.35. The third-order valence-electron chi connectivity index (χ3n) is 3.54. The van der Waals surface area contributed by atoms with Crippen LogP contribution in [-0.2, 0) is 4.74 Å². The first-order valence-corrected chi connectivity index (χ1v) is 7.96. The van der Waals surface area contributed by atoms with Gasteiger partial charge in [-0.2, -0.15) is 0 Å². The standard InChI is InChI=1S/C15H21ClOS/c1-11-3-5-15(6-4-11)18-10-12-7-13(16)9-14(8-12)17-2/h3-6,12-14H,7-10H2,1-2H3/t12-,13-,14+/m0/s1. The molecule has 1 aliphatic rings. The zero-order valence-electron chi connectivity index (χ0n) is 11.1. The second-order valence-electron chi connectivity index (χ2n) is 5.15. The molecule has 1 aliphatic carbocycles. The SMILES string of the molecule is CO[C@H]1C[C@@H](Cl)C[C@H](CSc2ccc(C)cc2)C1. The number of benzene rings is 1. The lowest BCUT2D eigenvalue weighted by molar-refractivity contribution is 0.0566. The fourth-order valence-electron chi connectivity index (χ4n) is 2.48. The van der Waals surface area contributed by atoms with E-state index in [4.69, 9.17) is 16.3 Å². The second kappa shape index (κ2) is 6.83. The highest BCUT2D eigenvalue weighted by atomic mass is 35.5. The van der Waals surface area contributed by atoms with Crippen LogP contribution in [0, 0.1) is 12.8 Å². The van der Waals surface area contributed by atoms with Gasteiger partial charge in [0.2, 0.25) is 0 Å². The van der Waals surface area contributed by atoms with E-state index in [-0.39, 0.29) is 5.38 Å². The molecule has 1 fully saturated rings. The van der Waals surface area contributed by atoms with Gasteiger partial charge in [0.05, 0.1) is 6.10 Å². The van der Waals surface area contributed by atoms with Gasteiger partial charge in [-0.05, 0) is 44.2 Å². The number of methoxy groups -OCH3 is 1. The average molecular weight is 285 g/mol. The first-order valence-electron chi connectivity index (χ1n) is 6.53. The first kappa shape index (κ1) is 14.2. The molecular formula is C15H21ClOS. The topological polar surface area (TPSA) is 9.23 Å². The summed E-state index contributed by atoms with van der Waals surface area (Å²) < 4.78 is 5.47. The van der Waals surface area contributed by atoms with Crippen LogP contribution in [0.2, 0.25) is 0 Å². The third kappa shape index (κ3) is 4.18. The van der Waals surface area contributed by atoms with E-state index in [1.807, 2.05) is 11.8 Å². The molecular weight excluding hydrogens is 264 g/mol. The molecule has 0 amide bonds. The zero-order valence-corrected chi connectivity index (χ0v) is 12.6. The van der Waals surface area contributed by atoms with Crippen molar-refractivity contribution in [1.82, 2.24) is 0 Å². The number of hydrogen-bond donors (Lipinski definition) is 0. The van der Waals surface area contributed by atoms with Gasteiger partial charge >= 0.3 is 0 Å². The van der Waals surface area contributed by atoms with E-state index >= 15 is 0 Å². The minimum atomic E-state index is 0.285. The Morgan fingerprint density at radius 1 is 1.22 bits per heavy atom. The summed E-state index contributed by atoms with van der Waals surface area (Å²) >= 11 is 8.23. The van der Waals surface area contributed by atoms with Crippen LogP contribution in [0.1, 0.15) is 24.8 Å². The van der Waals surface area contributed by atoms with Crippen LogP contribution in [0.4, 0.5) is 0 Å². The van der Waals surface area contributed by atoms with Crippen molar-refractivity contribution < 1.29 is 4.74 Å². The first-order chi connectivity index (χ1) is 8.67. The number of thioether (sulfide) groups is 1. The highest BCUT2D eigenvalue weighted by molar-refractivity contribution is 7.99. The molecule has 3 atom stereocenters. The summed E-state index contributed by atoms with van der Waals surface area (Å²) in [5.74, 6) is 1.82. The van der Waals surface area contributed by atoms with E-state index < -0.39 is 0 Å². The highest BCUT2D eigenvalue weighted by Crippen LogP contribution is 2.33. The van der Waals surface area contributed by atoms with Crippen molar-refractivity contribution in [2.45, 2.75) is 42.6 Å². The molecule has 100 valence electrons. The van der Waals surface area contributed by atoms with E-state index in [0.717, 1.165) is 25.0 Å². The van der Waals surface area contributed by atoms with Crippen LogP contribution < -0.4 is 0 Å². The van der Waals surface area contributed by atoms with Crippen molar-refractivity contribution >= 4 is 23.4 Å². The quantitative estimate of drug-likeness (QED) is 0.594. The fraction of sp³-hybridized carbons (Fsp3) is 0.600. The van der Waals surface area contributed by atoms with Gasteiger partial charge in [-0.3, -0.25) is 0 Å². The summed E-state index contributed by atoms with van der Waals surface area (Å²) in [6.07, 6.45) is 3.63. The van der Waals surface area contributed by atoms with E-state index in [1.165, 1.54) is 10.5 Å². The average Bonchev–Trinajstić information content (AvgIpc) is 2.37. The van der Waals surface area contributed by atoms with Gasteiger partial charge in [0, 0.05) is 23.1 Å². The summed E-state index contributed by atoms with van der Waals surface area (Å²) in [6, 6.07) is 8.75. The van der Waals surface area contributed by atoms with Crippen molar-refractivity contribution in [3.63, 3.8) is 0 Å². The Bertz CT molecular complexity index is 365. The van der Waals surface area contributed by atoms with Crippen LogP contribution >= 0.6 is 23.4 Å². The monoisotopic (exact) mass is 284 g/mol. The summed E-state index contributed by atoms with van der Waals surface area (Å²) in [6.45, 7) is 2.12. The Balaban J connectivity index is 1.84. The molecule has 3 heteroatoms. The molecule has 1 aromatic rings. The Morgan fingerprint density at radius 2 is 1.94 bits per heavy atom. The van der Waals surface area contributed by atoms with Gasteiger partial charge in [0.15, 0.2) is 0 Å². The largest absolute Gasteiger partial charge is 0.381 e. The zero-order chi connectivity index (χ0) is 13.0. The van der Waals surface area contributed by atoms with Crippen molar-refractivity contribution in [3.05, 3.63) is 29.8 Å². The molecule has 0 bridgehead atoms. The number of aryl methyl sites for hydroxylation is 1. The Hall–Kier alpha value is -0.180. The van der Waals surface area contributed by atoms with Crippen molar-refractivity contribution in [3.8, 4) is 0 Å². The Labute approximate surface area is 119 Å². The lowest BCUT2D eigenvalue weighted by atomic mass is 9.88. The minimum Gasteiger partial charge on any atom is -0.381 e. The predicted molar refractivity (Wildman–Crippen MR) is 79.7 cm³/mol. The Kier molecular flexibility index (Phi) is 5.40. The van der Waals surface area contributed by atoms with Gasteiger partial charge in [-0.1, -0.05) is 17.7 Å². The predicted octanol–water partition coefficient (Wildman–Crippen LogP) is 4.51. The number of hydrogen-bond acceptors (Lipinski definition) is 2. The van der Waals surface area contributed by atoms with Crippen molar-refractivity contribution in [2.75, 3.05) is 12.9 Å². The van der Waals surface area contributed by atoms with E-state index in [0.29, 0.717) is 12.0 Å². The van der Waals surface area contributed by atoms with E-state index in [1.54, 1.807) is 7.11 Å². The lowest BCUT2D eigenvalue weighted by Crippen LogP contribution is -2.29. The van der Waals surface area contributed by atoms with Crippen LogP contribution in [0.15, 0.2) is 29.2 Å². The molecule has 0 heterocycles. The maximum Gasteiger partial charge on any atom is 0.0588 e. The van der Waals surface area contributed by atoms with Gasteiger partial charge in [-0.15, -0.1) is 23.4 Å². The maximum absolute atomic E-state index is 6.30. The highest BCUT2D eigenvalue weighted by Gasteiger charge is 2.27. The molecule has 1 nitrogen and oxygen atoms in total. The van der Waals surface area contributed by atoms with Crippen LogP contribution in [0.3, 0.4) is 0 Å². The molecule has 18 heavy (non-hydrogen) atoms. The van der Waals surface area contributed by atoms with Crippen molar-refractivity contribution in [2.24, 2.45) is 5.92 Å². The second-order valence-corrected chi connectivity index (χ2v) is 6.86. The summed E-state index contributed by atoms with van der Waals surface area (Å²) in [5.41, 5.74) is 1.32. The van der Waals surface area contributed by atoms with Crippen LogP contribution in [0.5, 0.6) is 0 Å². The molecule has 0 aromatic heterocycles. The van der Waals surface area contributed by atoms with Gasteiger partial charge in [0.25, 0.3) is 0 Å². The molecule has 0 saturated heterocycles. The van der Waals surface area contributed by atoms with Crippen LogP contribution in [0.25, 0.3) is 0 Å². The minimum absolute atomic E-state index is 0.285. The molecule has 1 saturated carbocycles. The molecule has 0 spiro atoms. The number of ether oxygens (including phenoxy) is 1. The van der Waals surface area contributed by atoms with Gasteiger partial charge in [0.1, 0.15) is 0 Å². The molecule has 0 radical (unpaired) electrons. The third-order valence-corrected chi connectivity index (χ3v) is 5.14. The molecule has 1 aromatic carbocycles. The summed E-state index contributed by atoms with van der Waals surface area (Å²) in [7, 11) is 1.80. The number of alkyl halides is 1. The number of halogens is 1. The van der Waals surface area contributed by atoms with Crippen molar-refractivity contribution in [1.29, 1.82) is 0 Å². The molecule has 2 rings (SSSR count). The van der Waals surface area contributed by atoms with Gasteiger partial charge in [-0.25, -0.2) is 0 Å². The van der Waals surface area contributed by atoms with E-state index in [9.17, 15) is 0 Å². The van der Waals surface area contributed by atoms with Crippen LogP contribution in [-0.4, -0.2) is 24.3 Å². The number of rotatable bonds is 4. The summed E-state index contributed by atoms with van der Waals surface area (Å²) in [5, 5.41) is 0.285. The Morgan fingerprint density at radius 3 is 2.61 bits per heavy atom. The van der Waals surface area contributed by atoms with E-state index in [2.05, 4.69) is 31.2 Å². The molecule has 0 unspecified atom stereocenters. The molecule has 0 N–H and O–H groups in total.